The summed E-state index contributed by atoms with van der Waals surface area (Å²) >= 11 is 0. The van der Waals surface area contributed by atoms with Crippen molar-refractivity contribution in [2.75, 3.05) is 18.0 Å². The van der Waals surface area contributed by atoms with Crippen LogP contribution in [-0.4, -0.2) is 30.6 Å². The smallest absolute Gasteiger partial charge is 0.242 e. The number of carbonyl (C=O) groups is 1. The second-order valence-corrected chi connectivity index (χ2v) is 6.40. The van der Waals surface area contributed by atoms with E-state index < -0.39 is 0 Å². The van der Waals surface area contributed by atoms with Gasteiger partial charge in [-0.25, -0.2) is 0 Å². The fraction of sp³-hybridized carbons (Fsp3) is 0.588. The number of nitrogens with zero attached hydrogens (tertiary/aromatic N) is 1. The number of benzene rings is 1. The van der Waals surface area contributed by atoms with Crippen LogP contribution < -0.4 is 15.5 Å². The largest absolute Gasteiger partial charge is 0.358 e. The van der Waals surface area contributed by atoms with Gasteiger partial charge in [-0.15, -0.1) is 12.4 Å². The van der Waals surface area contributed by atoms with Crippen LogP contribution >= 0.6 is 12.4 Å². The highest BCUT2D eigenvalue weighted by Crippen LogP contribution is 2.24. The van der Waals surface area contributed by atoms with Crippen molar-refractivity contribution in [2.24, 2.45) is 0 Å². The number of halogens is 1. The molecule has 2 rings (SSSR count). The number of hydrogen-bond donors (Lipinski definition) is 2. The molecule has 0 saturated carbocycles. The lowest BCUT2D eigenvalue weighted by Crippen LogP contribution is -2.52. The van der Waals surface area contributed by atoms with Gasteiger partial charge in [-0.1, -0.05) is 25.1 Å². The Morgan fingerprint density at radius 1 is 1.41 bits per heavy atom. The van der Waals surface area contributed by atoms with E-state index in [1.807, 2.05) is 13.0 Å². The molecule has 1 unspecified atom stereocenters. The molecule has 1 aromatic carbocycles. The lowest BCUT2D eigenvalue weighted by atomic mass is 10.0. The first kappa shape index (κ1) is 18.8. The van der Waals surface area contributed by atoms with E-state index in [0.717, 1.165) is 26.1 Å². The van der Waals surface area contributed by atoms with E-state index in [4.69, 9.17) is 0 Å². The molecule has 0 saturated heterocycles. The molecule has 124 valence electrons. The molecule has 0 aliphatic carbocycles. The SMILES string of the molecule is CCC(C)(C)NC(=O)C(C)N1CCNCc2ccccc21.Cl. The van der Waals surface area contributed by atoms with Crippen LogP contribution in [0.1, 0.15) is 39.7 Å². The zero-order chi connectivity index (χ0) is 15.5. The van der Waals surface area contributed by atoms with Crippen molar-refractivity contribution >= 4 is 24.0 Å². The van der Waals surface area contributed by atoms with E-state index in [-0.39, 0.29) is 29.9 Å². The maximum atomic E-state index is 12.6. The Morgan fingerprint density at radius 3 is 2.77 bits per heavy atom. The summed E-state index contributed by atoms with van der Waals surface area (Å²) in [6, 6.07) is 8.15. The van der Waals surface area contributed by atoms with Gasteiger partial charge in [0.15, 0.2) is 0 Å². The predicted octanol–water partition coefficient (Wildman–Crippen LogP) is 2.71. The highest BCUT2D eigenvalue weighted by Gasteiger charge is 2.27. The van der Waals surface area contributed by atoms with Crippen LogP contribution in [0.3, 0.4) is 0 Å². The maximum Gasteiger partial charge on any atom is 0.242 e. The Hall–Kier alpha value is -1.26. The lowest BCUT2D eigenvalue weighted by molar-refractivity contribution is -0.123. The number of hydrogen-bond acceptors (Lipinski definition) is 3. The number of anilines is 1. The van der Waals surface area contributed by atoms with Crippen molar-refractivity contribution in [3.63, 3.8) is 0 Å². The molecule has 1 aliphatic rings. The second kappa shape index (κ2) is 7.84. The third-order valence-corrected chi connectivity index (χ3v) is 4.34. The van der Waals surface area contributed by atoms with E-state index >= 15 is 0 Å². The average Bonchev–Trinajstić information content (AvgIpc) is 2.68. The van der Waals surface area contributed by atoms with Crippen molar-refractivity contribution < 1.29 is 4.79 Å². The Morgan fingerprint density at radius 2 is 2.09 bits per heavy atom. The van der Waals surface area contributed by atoms with Crippen LogP contribution in [-0.2, 0) is 11.3 Å². The van der Waals surface area contributed by atoms with Crippen LogP contribution in [0, 0.1) is 0 Å². The summed E-state index contributed by atoms with van der Waals surface area (Å²) in [5, 5.41) is 6.57. The van der Waals surface area contributed by atoms with Crippen molar-refractivity contribution in [3.05, 3.63) is 29.8 Å². The minimum Gasteiger partial charge on any atom is -0.358 e. The van der Waals surface area contributed by atoms with Crippen molar-refractivity contribution in [1.29, 1.82) is 0 Å². The van der Waals surface area contributed by atoms with Crippen molar-refractivity contribution in [2.45, 2.75) is 52.2 Å². The summed E-state index contributed by atoms with van der Waals surface area (Å²) in [5.74, 6) is 0.0959. The van der Waals surface area contributed by atoms with Gasteiger partial charge in [0.2, 0.25) is 5.91 Å². The molecule has 1 atom stereocenters. The number of carbonyl (C=O) groups excluding carboxylic acids is 1. The van der Waals surface area contributed by atoms with Gasteiger partial charge in [0.25, 0.3) is 0 Å². The Bertz CT molecular complexity index is 504. The molecule has 2 N–H and O–H groups in total. The van der Waals surface area contributed by atoms with Crippen LogP contribution in [0.2, 0.25) is 0 Å². The van der Waals surface area contributed by atoms with Crippen LogP contribution in [0.15, 0.2) is 24.3 Å². The zero-order valence-corrected chi connectivity index (χ0v) is 14.8. The van der Waals surface area contributed by atoms with Gasteiger partial charge < -0.3 is 15.5 Å². The first-order valence-electron chi connectivity index (χ1n) is 7.82. The molecule has 1 heterocycles. The van der Waals surface area contributed by atoms with Crippen LogP contribution in [0.4, 0.5) is 5.69 Å². The predicted molar refractivity (Wildman–Crippen MR) is 94.7 cm³/mol. The fourth-order valence-corrected chi connectivity index (χ4v) is 2.55. The summed E-state index contributed by atoms with van der Waals surface area (Å²) in [4.78, 5) is 14.8. The van der Waals surface area contributed by atoms with E-state index in [2.05, 4.69) is 54.5 Å². The zero-order valence-electron chi connectivity index (χ0n) is 14.0. The van der Waals surface area contributed by atoms with Crippen molar-refractivity contribution in [3.8, 4) is 0 Å². The summed E-state index contributed by atoms with van der Waals surface area (Å²) in [6.07, 6.45) is 0.920. The Labute approximate surface area is 140 Å². The number of amides is 1. The molecule has 1 amide bonds. The molecule has 0 aromatic heterocycles. The molecule has 4 nitrogen and oxygen atoms in total. The minimum absolute atomic E-state index is 0. The first-order valence-corrected chi connectivity index (χ1v) is 7.82. The third-order valence-electron chi connectivity index (χ3n) is 4.34. The maximum absolute atomic E-state index is 12.6. The summed E-state index contributed by atoms with van der Waals surface area (Å²) in [7, 11) is 0. The lowest BCUT2D eigenvalue weighted by Gasteiger charge is -2.33. The van der Waals surface area contributed by atoms with Crippen LogP contribution in [0.5, 0.6) is 0 Å². The van der Waals surface area contributed by atoms with Gasteiger partial charge in [-0.3, -0.25) is 4.79 Å². The highest BCUT2D eigenvalue weighted by molar-refractivity contribution is 5.86. The molecule has 1 aromatic rings. The highest BCUT2D eigenvalue weighted by atomic mass is 35.5. The summed E-state index contributed by atoms with van der Waals surface area (Å²) < 4.78 is 0. The number of rotatable bonds is 4. The Kier molecular flexibility index (Phi) is 6.69. The molecule has 0 spiro atoms. The van der Waals surface area contributed by atoms with Gasteiger partial charge in [0, 0.05) is 30.9 Å². The second-order valence-electron chi connectivity index (χ2n) is 6.40. The monoisotopic (exact) mass is 325 g/mol. The minimum atomic E-state index is -0.170. The first-order chi connectivity index (χ1) is 9.94. The summed E-state index contributed by atoms with van der Waals surface area (Å²) in [5.41, 5.74) is 2.26. The average molecular weight is 326 g/mol. The number of para-hydroxylation sites is 1. The van der Waals surface area contributed by atoms with E-state index in [9.17, 15) is 4.79 Å². The summed E-state index contributed by atoms with van der Waals surface area (Å²) in [6.45, 7) is 10.8. The van der Waals surface area contributed by atoms with E-state index in [1.54, 1.807) is 0 Å². The molecule has 5 heteroatoms. The molecule has 22 heavy (non-hydrogen) atoms. The number of fused-ring (bicyclic) bond motifs is 1. The van der Waals surface area contributed by atoms with Crippen LogP contribution in [0.25, 0.3) is 0 Å². The third kappa shape index (κ3) is 4.37. The fourth-order valence-electron chi connectivity index (χ4n) is 2.55. The quantitative estimate of drug-likeness (QED) is 0.894. The standard InChI is InChI=1S/C17H27N3O.ClH/c1-5-17(3,4)19-16(21)13(2)20-11-10-18-12-14-8-6-7-9-15(14)20;/h6-9,13,18H,5,10-12H2,1-4H3,(H,19,21);1H. The topological polar surface area (TPSA) is 44.4 Å². The van der Waals surface area contributed by atoms with Gasteiger partial charge >= 0.3 is 0 Å². The van der Waals surface area contributed by atoms with E-state index in [0.29, 0.717) is 0 Å². The molecule has 0 radical (unpaired) electrons. The molecular formula is C17H28ClN3O. The normalized spacial score (nSPS) is 16.1. The number of nitrogens with one attached hydrogen (secondary N) is 2. The molecule has 0 fully saturated rings. The van der Waals surface area contributed by atoms with Gasteiger partial charge in [0.05, 0.1) is 0 Å². The molecule has 0 bridgehead atoms. The van der Waals surface area contributed by atoms with Gasteiger partial charge in [-0.05, 0) is 38.8 Å². The molecule has 1 aliphatic heterocycles. The van der Waals surface area contributed by atoms with Gasteiger partial charge in [0.1, 0.15) is 6.04 Å². The van der Waals surface area contributed by atoms with Gasteiger partial charge in [-0.2, -0.15) is 0 Å². The Balaban J connectivity index is 0.00000242. The van der Waals surface area contributed by atoms with Crippen molar-refractivity contribution in [1.82, 2.24) is 10.6 Å². The van der Waals surface area contributed by atoms with E-state index in [1.165, 1.54) is 11.3 Å². The molecular weight excluding hydrogens is 298 g/mol.